The lowest BCUT2D eigenvalue weighted by Gasteiger charge is -2.15. The molecule has 90 valence electrons. The molecule has 0 saturated carbocycles. The van der Waals surface area contributed by atoms with Crippen molar-refractivity contribution >= 4 is 23.2 Å². The Balaban J connectivity index is 2.96. The third-order valence-corrected chi connectivity index (χ3v) is 2.75. The van der Waals surface area contributed by atoms with Crippen molar-refractivity contribution in [2.45, 2.75) is 33.4 Å². The van der Waals surface area contributed by atoms with Crippen molar-refractivity contribution in [3.63, 3.8) is 0 Å². The topological polar surface area (TPSA) is 21.3 Å². The zero-order valence-electron chi connectivity index (χ0n) is 9.81. The first-order valence-electron chi connectivity index (χ1n) is 5.39. The van der Waals surface area contributed by atoms with Gasteiger partial charge in [0.25, 0.3) is 0 Å². The number of hydrogen-bond donors (Lipinski definition) is 1. The normalized spacial score (nSPS) is 10.9. The van der Waals surface area contributed by atoms with E-state index in [0.717, 1.165) is 24.4 Å². The number of benzene rings is 1. The Morgan fingerprint density at radius 3 is 2.44 bits per heavy atom. The maximum atomic E-state index is 5.99. The van der Waals surface area contributed by atoms with Crippen molar-refractivity contribution in [2.75, 3.05) is 6.54 Å². The quantitative estimate of drug-likeness (QED) is 0.869. The van der Waals surface area contributed by atoms with Gasteiger partial charge in [0.1, 0.15) is 5.75 Å². The summed E-state index contributed by atoms with van der Waals surface area (Å²) in [6.45, 7) is 7.66. The number of halogens is 2. The maximum absolute atomic E-state index is 5.99. The summed E-state index contributed by atoms with van der Waals surface area (Å²) in [5.74, 6) is 0.797. The van der Waals surface area contributed by atoms with Gasteiger partial charge in [-0.05, 0) is 26.5 Å². The minimum absolute atomic E-state index is 0.123. The molecule has 2 nitrogen and oxygen atoms in total. The Bertz CT molecular complexity index is 353. The van der Waals surface area contributed by atoms with E-state index in [1.165, 1.54) is 0 Å². The number of hydrogen-bond acceptors (Lipinski definition) is 2. The van der Waals surface area contributed by atoms with Gasteiger partial charge in [-0.1, -0.05) is 30.1 Å². The summed E-state index contributed by atoms with van der Waals surface area (Å²) in [6.07, 6.45) is 0.123. The lowest BCUT2D eigenvalue weighted by Crippen LogP contribution is -2.14. The van der Waals surface area contributed by atoms with Gasteiger partial charge in [0, 0.05) is 18.2 Å². The van der Waals surface area contributed by atoms with Gasteiger partial charge in [0.05, 0.1) is 16.1 Å². The first-order chi connectivity index (χ1) is 7.54. The fourth-order valence-corrected chi connectivity index (χ4v) is 1.67. The fourth-order valence-electron chi connectivity index (χ4n) is 1.33. The SMILES string of the molecule is CCNCc1cc(Cl)c(Cl)cc1OC(C)C. The van der Waals surface area contributed by atoms with Crippen LogP contribution < -0.4 is 10.1 Å². The molecule has 0 aliphatic carbocycles. The molecule has 1 rings (SSSR count). The molecule has 0 aliphatic rings. The highest BCUT2D eigenvalue weighted by atomic mass is 35.5. The molecule has 1 aromatic rings. The molecule has 0 unspecified atom stereocenters. The Labute approximate surface area is 107 Å². The van der Waals surface area contributed by atoms with Gasteiger partial charge in [-0.25, -0.2) is 0 Å². The van der Waals surface area contributed by atoms with Crippen LogP contribution in [0.15, 0.2) is 12.1 Å². The second kappa shape index (κ2) is 6.33. The van der Waals surface area contributed by atoms with Crippen molar-refractivity contribution < 1.29 is 4.74 Å². The third-order valence-electron chi connectivity index (χ3n) is 2.03. The maximum Gasteiger partial charge on any atom is 0.125 e. The highest BCUT2D eigenvalue weighted by Crippen LogP contribution is 2.31. The molecule has 0 amide bonds. The van der Waals surface area contributed by atoms with Crippen LogP contribution in [0, 0.1) is 0 Å². The molecule has 1 aromatic carbocycles. The largest absolute Gasteiger partial charge is 0.491 e. The molecule has 0 aromatic heterocycles. The minimum atomic E-state index is 0.123. The summed E-state index contributed by atoms with van der Waals surface area (Å²) in [7, 11) is 0. The molecular formula is C12H17Cl2NO. The molecule has 0 saturated heterocycles. The zero-order valence-corrected chi connectivity index (χ0v) is 11.3. The second-order valence-corrected chi connectivity index (χ2v) is 4.64. The lowest BCUT2D eigenvalue weighted by molar-refractivity contribution is 0.239. The molecule has 0 spiro atoms. The standard InChI is InChI=1S/C12H17Cl2NO/c1-4-15-7-9-5-10(13)11(14)6-12(9)16-8(2)3/h5-6,8,15H,4,7H2,1-3H3. The van der Waals surface area contributed by atoms with Gasteiger partial charge in [0.15, 0.2) is 0 Å². The van der Waals surface area contributed by atoms with Gasteiger partial charge >= 0.3 is 0 Å². The predicted octanol–water partition coefficient (Wildman–Crippen LogP) is 3.89. The molecule has 16 heavy (non-hydrogen) atoms. The van der Waals surface area contributed by atoms with E-state index in [-0.39, 0.29) is 6.10 Å². The minimum Gasteiger partial charge on any atom is -0.491 e. The monoisotopic (exact) mass is 261 g/mol. The first kappa shape index (κ1) is 13.6. The fraction of sp³-hybridized carbons (Fsp3) is 0.500. The van der Waals surface area contributed by atoms with Crippen LogP contribution in [-0.2, 0) is 6.54 Å². The molecule has 0 radical (unpaired) electrons. The first-order valence-corrected chi connectivity index (χ1v) is 6.15. The average Bonchev–Trinajstić information content (AvgIpc) is 2.20. The summed E-state index contributed by atoms with van der Waals surface area (Å²) in [6, 6.07) is 3.63. The molecule has 4 heteroatoms. The van der Waals surface area contributed by atoms with Crippen molar-refractivity contribution in [3.8, 4) is 5.75 Å². The van der Waals surface area contributed by atoms with E-state index in [1.807, 2.05) is 19.9 Å². The summed E-state index contributed by atoms with van der Waals surface area (Å²) in [4.78, 5) is 0. The number of nitrogens with one attached hydrogen (secondary N) is 1. The summed E-state index contributed by atoms with van der Waals surface area (Å²) in [5, 5.41) is 4.33. The van der Waals surface area contributed by atoms with Crippen molar-refractivity contribution in [1.82, 2.24) is 5.32 Å². The van der Waals surface area contributed by atoms with Crippen LogP contribution in [0.1, 0.15) is 26.3 Å². The van der Waals surface area contributed by atoms with Crippen LogP contribution in [0.3, 0.4) is 0 Å². The van der Waals surface area contributed by atoms with Gasteiger partial charge < -0.3 is 10.1 Å². The van der Waals surface area contributed by atoms with E-state index in [4.69, 9.17) is 27.9 Å². The van der Waals surface area contributed by atoms with E-state index in [2.05, 4.69) is 12.2 Å². The van der Waals surface area contributed by atoms with Crippen molar-refractivity contribution in [1.29, 1.82) is 0 Å². The average molecular weight is 262 g/mol. The van der Waals surface area contributed by atoms with E-state index >= 15 is 0 Å². The van der Waals surface area contributed by atoms with Crippen LogP contribution in [-0.4, -0.2) is 12.6 Å². The summed E-state index contributed by atoms with van der Waals surface area (Å²) >= 11 is 12.0. The Hall–Kier alpha value is -0.440. The second-order valence-electron chi connectivity index (χ2n) is 3.82. The van der Waals surface area contributed by atoms with Crippen molar-refractivity contribution in [2.24, 2.45) is 0 Å². The van der Waals surface area contributed by atoms with E-state index in [1.54, 1.807) is 6.07 Å². The summed E-state index contributed by atoms with van der Waals surface area (Å²) in [5.41, 5.74) is 1.03. The molecule has 1 N–H and O–H groups in total. The predicted molar refractivity (Wildman–Crippen MR) is 69.6 cm³/mol. The van der Waals surface area contributed by atoms with E-state index < -0.39 is 0 Å². The molecule has 0 heterocycles. The molecule has 0 aliphatic heterocycles. The highest BCUT2D eigenvalue weighted by molar-refractivity contribution is 6.42. The van der Waals surface area contributed by atoms with Crippen LogP contribution in [0.25, 0.3) is 0 Å². The van der Waals surface area contributed by atoms with Gasteiger partial charge in [-0.15, -0.1) is 0 Å². The lowest BCUT2D eigenvalue weighted by atomic mass is 10.2. The Morgan fingerprint density at radius 1 is 1.25 bits per heavy atom. The number of rotatable bonds is 5. The van der Waals surface area contributed by atoms with Gasteiger partial charge in [-0.3, -0.25) is 0 Å². The Morgan fingerprint density at radius 2 is 1.88 bits per heavy atom. The van der Waals surface area contributed by atoms with Crippen LogP contribution >= 0.6 is 23.2 Å². The summed E-state index contributed by atoms with van der Waals surface area (Å²) < 4.78 is 5.70. The number of ether oxygens (including phenoxy) is 1. The van der Waals surface area contributed by atoms with Gasteiger partial charge in [0.2, 0.25) is 0 Å². The van der Waals surface area contributed by atoms with Crippen molar-refractivity contribution in [3.05, 3.63) is 27.7 Å². The van der Waals surface area contributed by atoms with Crippen LogP contribution in [0.2, 0.25) is 10.0 Å². The molecular weight excluding hydrogens is 245 g/mol. The van der Waals surface area contributed by atoms with E-state index in [9.17, 15) is 0 Å². The molecule has 0 atom stereocenters. The zero-order chi connectivity index (χ0) is 12.1. The smallest absolute Gasteiger partial charge is 0.125 e. The van der Waals surface area contributed by atoms with Crippen LogP contribution in [0.5, 0.6) is 5.75 Å². The molecule has 0 fully saturated rings. The Kier molecular flexibility index (Phi) is 5.39. The third kappa shape index (κ3) is 3.85. The van der Waals surface area contributed by atoms with Gasteiger partial charge in [-0.2, -0.15) is 0 Å². The molecule has 0 bridgehead atoms. The highest BCUT2D eigenvalue weighted by Gasteiger charge is 2.09. The van der Waals surface area contributed by atoms with Crippen LogP contribution in [0.4, 0.5) is 0 Å². The van der Waals surface area contributed by atoms with E-state index in [0.29, 0.717) is 10.0 Å².